The van der Waals surface area contributed by atoms with Gasteiger partial charge in [-0.05, 0) is 53.1 Å². The SMILES string of the molecule is CN(C)c1ccc(C(c2ccc(OCCN)cc2)c2ccc(N(C)C)cc2)cc1. The molecule has 0 aliphatic carbocycles. The van der Waals surface area contributed by atoms with Gasteiger partial charge in [0.25, 0.3) is 0 Å². The molecule has 0 aliphatic heterocycles. The minimum atomic E-state index is 0.158. The Balaban J connectivity index is 1.98. The summed E-state index contributed by atoms with van der Waals surface area (Å²) in [6.07, 6.45) is 0. The van der Waals surface area contributed by atoms with Crippen LogP contribution in [0.15, 0.2) is 72.8 Å². The van der Waals surface area contributed by atoms with Crippen molar-refractivity contribution in [1.82, 2.24) is 0 Å². The molecule has 0 saturated carbocycles. The normalized spacial score (nSPS) is 10.8. The highest BCUT2D eigenvalue weighted by atomic mass is 16.5. The molecule has 0 fully saturated rings. The molecule has 0 heterocycles. The molecule has 29 heavy (non-hydrogen) atoms. The number of anilines is 2. The molecule has 2 N–H and O–H groups in total. The van der Waals surface area contributed by atoms with Crippen LogP contribution in [0.2, 0.25) is 0 Å². The van der Waals surface area contributed by atoms with Gasteiger partial charge in [-0.1, -0.05) is 36.4 Å². The molecule has 0 bridgehead atoms. The van der Waals surface area contributed by atoms with E-state index in [1.807, 2.05) is 12.1 Å². The highest BCUT2D eigenvalue weighted by Gasteiger charge is 2.17. The maximum atomic E-state index is 5.65. The van der Waals surface area contributed by atoms with Gasteiger partial charge in [-0.15, -0.1) is 0 Å². The average Bonchev–Trinajstić information content (AvgIpc) is 2.74. The summed E-state index contributed by atoms with van der Waals surface area (Å²) in [5.74, 6) is 1.01. The molecular formula is C25H31N3O. The molecule has 3 aromatic rings. The van der Waals surface area contributed by atoms with Crippen LogP contribution in [-0.2, 0) is 0 Å². The Hall–Kier alpha value is -2.98. The van der Waals surface area contributed by atoms with Crippen molar-refractivity contribution in [2.24, 2.45) is 5.73 Å². The maximum Gasteiger partial charge on any atom is 0.119 e. The Morgan fingerprint density at radius 3 is 1.38 bits per heavy atom. The van der Waals surface area contributed by atoms with E-state index < -0.39 is 0 Å². The maximum absolute atomic E-state index is 5.65. The van der Waals surface area contributed by atoms with Crippen molar-refractivity contribution in [2.75, 3.05) is 51.1 Å². The molecule has 0 aliphatic rings. The Morgan fingerprint density at radius 1 is 0.655 bits per heavy atom. The van der Waals surface area contributed by atoms with Gasteiger partial charge in [0.1, 0.15) is 12.4 Å². The first kappa shape index (κ1) is 20.7. The van der Waals surface area contributed by atoms with Gasteiger partial charge < -0.3 is 20.3 Å². The van der Waals surface area contributed by atoms with E-state index in [1.54, 1.807) is 0 Å². The monoisotopic (exact) mass is 389 g/mol. The first-order valence-electron chi connectivity index (χ1n) is 9.97. The lowest BCUT2D eigenvalue weighted by molar-refractivity contribution is 0.328. The number of benzene rings is 3. The van der Waals surface area contributed by atoms with E-state index in [0.29, 0.717) is 13.2 Å². The second kappa shape index (κ2) is 9.48. The summed E-state index contributed by atoms with van der Waals surface area (Å²) < 4.78 is 5.65. The van der Waals surface area contributed by atoms with E-state index in [-0.39, 0.29) is 5.92 Å². The molecule has 0 amide bonds. The van der Waals surface area contributed by atoms with Gasteiger partial charge in [0.15, 0.2) is 0 Å². The second-order valence-electron chi connectivity index (χ2n) is 7.61. The first-order valence-corrected chi connectivity index (χ1v) is 9.97. The van der Waals surface area contributed by atoms with Crippen LogP contribution in [0.1, 0.15) is 22.6 Å². The molecule has 3 aromatic carbocycles. The van der Waals surface area contributed by atoms with Crippen LogP contribution in [0.25, 0.3) is 0 Å². The van der Waals surface area contributed by atoms with Crippen LogP contribution in [0, 0.1) is 0 Å². The molecule has 3 rings (SSSR count). The molecule has 4 heteroatoms. The van der Waals surface area contributed by atoms with E-state index in [1.165, 1.54) is 28.1 Å². The molecular weight excluding hydrogens is 358 g/mol. The summed E-state index contributed by atoms with van der Waals surface area (Å²) in [5, 5.41) is 0. The fraction of sp³-hybridized carbons (Fsp3) is 0.280. The number of hydrogen-bond donors (Lipinski definition) is 1. The lowest BCUT2D eigenvalue weighted by atomic mass is 9.85. The van der Waals surface area contributed by atoms with Crippen molar-refractivity contribution < 1.29 is 4.74 Å². The number of nitrogens with zero attached hydrogens (tertiary/aromatic N) is 2. The first-order chi connectivity index (χ1) is 14.0. The van der Waals surface area contributed by atoms with Gasteiger partial charge >= 0.3 is 0 Å². The molecule has 0 saturated heterocycles. The van der Waals surface area contributed by atoms with Crippen molar-refractivity contribution >= 4 is 11.4 Å². The highest BCUT2D eigenvalue weighted by Crippen LogP contribution is 2.34. The van der Waals surface area contributed by atoms with E-state index in [9.17, 15) is 0 Å². The summed E-state index contributed by atoms with van der Waals surface area (Å²) in [7, 11) is 8.25. The number of hydrogen-bond acceptors (Lipinski definition) is 4. The Labute approximate surface area is 174 Å². The summed E-state index contributed by atoms with van der Waals surface area (Å²) in [5.41, 5.74) is 11.7. The predicted octanol–water partition coefficient (Wildman–Crippen LogP) is 4.34. The Bertz CT molecular complexity index is 833. The minimum Gasteiger partial charge on any atom is -0.492 e. The fourth-order valence-corrected chi connectivity index (χ4v) is 3.44. The van der Waals surface area contributed by atoms with Crippen molar-refractivity contribution in [3.05, 3.63) is 89.5 Å². The van der Waals surface area contributed by atoms with Crippen molar-refractivity contribution in [2.45, 2.75) is 5.92 Å². The van der Waals surface area contributed by atoms with Crippen molar-refractivity contribution in [3.8, 4) is 5.75 Å². The van der Waals surface area contributed by atoms with Gasteiger partial charge in [0.05, 0.1) is 0 Å². The zero-order valence-corrected chi connectivity index (χ0v) is 17.8. The third-order valence-corrected chi connectivity index (χ3v) is 5.09. The predicted molar refractivity (Wildman–Crippen MR) is 123 cm³/mol. The highest BCUT2D eigenvalue weighted by molar-refractivity contribution is 5.53. The summed E-state index contributed by atoms with van der Waals surface area (Å²) in [6, 6.07) is 25.9. The van der Waals surface area contributed by atoms with Gasteiger partial charge in [-0.2, -0.15) is 0 Å². The summed E-state index contributed by atoms with van der Waals surface area (Å²) in [4.78, 5) is 4.24. The second-order valence-corrected chi connectivity index (χ2v) is 7.61. The molecule has 4 nitrogen and oxygen atoms in total. The van der Waals surface area contributed by atoms with Crippen molar-refractivity contribution in [1.29, 1.82) is 0 Å². The molecule has 0 unspecified atom stereocenters. The largest absolute Gasteiger partial charge is 0.492 e. The van der Waals surface area contributed by atoms with E-state index in [0.717, 1.165) is 5.75 Å². The number of ether oxygens (including phenoxy) is 1. The van der Waals surface area contributed by atoms with Crippen LogP contribution in [-0.4, -0.2) is 41.3 Å². The third kappa shape index (κ3) is 5.09. The van der Waals surface area contributed by atoms with Gasteiger partial charge in [0.2, 0.25) is 0 Å². The van der Waals surface area contributed by atoms with Crippen molar-refractivity contribution in [3.63, 3.8) is 0 Å². The smallest absolute Gasteiger partial charge is 0.119 e. The van der Waals surface area contributed by atoms with Gasteiger partial charge in [-0.3, -0.25) is 0 Å². The van der Waals surface area contributed by atoms with Crippen LogP contribution < -0.4 is 20.3 Å². The Kier molecular flexibility index (Phi) is 6.78. The van der Waals surface area contributed by atoms with Crippen LogP contribution >= 0.6 is 0 Å². The number of rotatable bonds is 8. The third-order valence-electron chi connectivity index (χ3n) is 5.09. The number of nitrogens with two attached hydrogens (primary N) is 1. The van der Waals surface area contributed by atoms with Crippen LogP contribution in [0.5, 0.6) is 5.75 Å². The summed E-state index contributed by atoms with van der Waals surface area (Å²) in [6.45, 7) is 1.04. The molecule has 0 atom stereocenters. The molecule has 0 spiro atoms. The fourth-order valence-electron chi connectivity index (χ4n) is 3.44. The molecule has 0 aromatic heterocycles. The van der Waals surface area contributed by atoms with Gasteiger partial charge in [-0.25, -0.2) is 0 Å². The van der Waals surface area contributed by atoms with Gasteiger partial charge in [0, 0.05) is 52.0 Å². The lowest BCUT2D eigenvalue weighted by Gasteiger charge is -2.22. The lowest BCUT2D eigenvalue weighted by Crippen LogP contribution is -2.11. The van der Waals surface area contributed by atoms with Crippen LogP contribution in [0.3, 0.4) is 0 Å². The zero-order valence-electron chi connectivity index (χ0n) is 17.8. The quantitative estimate of drug-likeness (QED) is 0.582. The molecule has 152 valence electrons. The van der Waals surface area contributed by atoms with E-state index in [2.05, 4.69) is 98.7 Å². The average molecular weight is 390 g/mol. The summed E-state index contributed by atoms with van der Waals surface area (Å²) >= 11 is 0. The van der Waals surface area contributed by atoms with E-state index >= 15 is 0 Å². The Morgan fingerprint density at radius 2 is 1.03 bits per heavy atom. The minimum absolute atomic E-state index is 0.158. The molecule has 0 radical (unpaired) electrons. The topological polar surface area (TPSA) is 41.7 Å². The standard InChI is InChI=1S/C25H31N3O/c1-27(2)22-11-5-19(6-12-22)25(20-7-13-23(14-8-20)28(3)4)21-9-15-24(16-10-21)29-18-17-26/h5-16,25H,17-18,26H2,1-4H3. The zero-order chi connectivity index (χ0) is 20.8. The van der Waals surface area contributed by atoms with E-state index in [4.69, 9.17) is 10.5 Å². The van der Waals surface area contributed by atoms with Crippen LogP contribution in [0.4, 0.5) is 11.4 Å².